The Balaban J connectivity index is 1.95. The molecule has 0 spiro atoms. The number of carbonyl (C=O) groups is 1. The van der Waals surface area contributed by atoms with Gasteiger partial charge in [-0.25, -0.2) is 5.43 Å². The second-order valence-electron chi connectivity index (χ2n) is 5.15. The third-order valence-electron chi connectivity index (χ3n) is 3.34. The molecule has 0 aliphatic carbocycles. The molecular formula is C19H22N2O3. The smallest absolute Gasteiger partial charge is 0.277 e. The number of amides is 1. The van der Waals surface area contributed by atoms with E-state index < -0.39 is 0 Å². The first-order chi connectivity index (χ1) is 11.7. The predicted molar refractivity (Wildman–Crippen MR) is 94.5 cm³/mol. The van der Waals surface area contributed by atoms with E-state index in [0.717, 1.165) is 24.1 Å². The first-order valence-electron chi connectivity index (χ1n) is 7.91. The highest BCUT2D eigenvalue weighted by molar-refractivity contribution is 6.01. The van der Waals surface area contributed by atoms with Crippen LogP contribution < -0.4 is 14.9 Å². The van der Waals surface area contributed by atoms with E-state index in [0.29, 0.717) is 11.5 Å². The lowest BCUT2D eigenvalue weighted by Crippen LogP contribution is -2.26. The van der Waals surface area contributed by atoms with Crippen LogP contribution in [-0.4, -0.2) is 25.3 Å². The maximum Gasteiger partial charge on any atom is 0.277 e. The molecule has 5 nitrogen and oxygen atoms in total. The lowest BCUT2D eigenvalue weighted by Gasteiger charge is -2.10. The number of rotatable bonds is 8. The predicted octanol–water partition coefficient (Wildman–Crippen LogP) is 3.39. The van der Waals surface area contributed by atoms with Crippen molar-refractivity contribution in [1.29, 1.82) is 0 Å². The van der Waals surface area contributed by atoms with E-state index in [4.69, 9.17) is 9.47 Å². The van der Waals surface area contributed by atoms with E-state index in [-0.39, 0.29) is 12.5 Å². The molecule has 1 amide bonds. The third-order valence-corrected chi connectivity index (χ3v) is 3.34. The van der Waals surface area contributed by atoms with E-state index in [9.17, 15) is 4.79 Å². The summed E-state index contributed by atoms with van der Waals surface area (Å²) in [5.41, 5.74) is 4.41. The number of hydrazone groups is 1. The third kappa shape index (κ3) is 5.12. The quantitative estimate of drug-likeness (QED) is 0.597. The first-order valence-corrected chi connectivity index (χ1v) is 7.91. The van der Waals surface area contributed by atoms with Crippen molar-refractivity contribution in [2.45, 2.75) is 19.8 Å². The lowest BCUT2D eigenvalue weighted by molar-refractivity contribution is -0.123. The Kier molecular flexibility index (Phi) is 6.83. The second-order valence-corrected chi connectivity index (χ2v) is 5.15. The summed E-state index contributed by atoms with van der Waals surface area (Å²) in [5.74, 6) is 0.797. The number of nitrogens with one attached hydrogen (secondary N) is 1. The number of ether oxygens (including phenoxy) is 2. The highest BCUT2D eigenvalue weighted by atomic mass is 16.5. The van der Waals surface area contributed by atoms with E-state index in [1.807, 2.05) is 42.5 Å². The first kappa shape index (κ1) is 17.5. The standard InChI is InChI=1S/C19H22N2O3/c1-3-9-16(15-10-5-4-6-11-15)20-21-19(22)14-24-18-13-8-7-12-17(18)23-2/h4-8,10-13H,3,9,14H2,1-2H3,(H,21,22)/b20-16-. The van der Waals surface area contributed by atoms with Gasteiger partial charge < -0.3 is 9.47 Å². The van der Waals surface area contributed by atoms with Gasteiger partial charge in [-0.3, -0.25) is 4.79 Å². The molecule has 126 valence electrons. The van der Waals surface area contributed by atoms with Gasteiger partial charge in [0.1, 0.15) is 0 Å². The van der Waals surface area contributed by atoms with Gasteiger partial charge in [0, 0.05) is 0 Å². The molecule has 2 rings (SSSR count). The minimum atomic E-state index is -0.314. The van der Waals surface area contributed by atoms with Crippen LogP contribution in [0.25, 0.3) is 0 Å². The molecular weight excluding hydrogens is 304 g/mol. The highest BCUT2D eigenvalue weighted by Crippen LogP contribution is 2.25. The van der Waals surface area contributed by atoms with Crippen LogP contribution in [0.2, 0.25) is 0 Å². The minimum Gasteiger partial charge on any atom is -0.493 e. The molecule has 2 aromatic rings. The van der Waals surface area contributed by atoms with Crippen LogP contribution in [0.3, 0.4) is 0 Å². The number of carbonyl (C=O) groups excluding carboxylic acids is 1. The normalized spacial score (nSPS) is 11.0. The zero-order valence-corrected chi connectivity index (χ0v) is 14.0. The molecule has 0 atom stereocenters. The van der Waals surface area contributed by atoms with E-state index in [2.05, 4.69) is 17.5 Å². The molecule has 5 heteroatoms. The number of nitrogens with zero attached hydrogens (tertiary/aromatic N) is 1. The van der Waals surface area contributed by atoms with Crippen molar-refractivity contribution in [3.05, 3.63) is 60.2 Å². The zero-order valence-electron chi connectivity index (χ0n) is 14.0. The maximum atomic E-state index is 12.0. The molecule has 24 heavy (non-hydrogen) atoms. The highest BCUT2D eigenvalue weighted by Gasteiger charge is 2.07. The summed E-state index contributed by atoms with van der Waals surface area (Å²) in [6, 6.07) is 17.0. The summed E-state index contributed by atoms with van der Waals surface area (Å²) in [6.07, 6.45) is 1.74. The Labute approximate surface area is 142 Å². The Bertz CT molecular complexity index is 684. The van der Waals surface area contributed by atoms with Gasteiger partial charge in [0.15, 0.2) is 18.1 Å². The monoisotopic (exact) mass is 326 g/mol. The largest absolute Gasteiger partial charge is 0.493 e. The maximum absolute atomic E-state index is 12.0. The van der Waals surface area contributed by atoms with Gasteiger partial charge in [0.2, 0.25) is 0 Å². The van der Waals surface area contributed by atoms with Crippen molar-refractivity contribution in [1.82, 2.24) is 5.43 Å². The second kappa shape index (κ2) is 9.35. The van der Waals surface area contributed by atoms with Gasteiger partial charge in [-0.2, -0.15) is 5.10 Å². The summed E-state index contributed by atoms with van der Waals surface area (Å²) in [7, 11) is 1.56. The Morgan fingerprint density at radius 3 is 2.38 bits per heavy atom. The van der Waals surface area contributed by atoms with Crippen molar-refractivity contribution in [2.24, 2.45) is 5.10 Å². The van der Waals surface area contributed by atoms with Crippen LogP contribution >= 0.6 is 0 Å². The van der Waals surface area contributed by atoms with Gasteiger partial charge >= 0.3 is 0 Å². The van der Waals surface area contributed by atoms with Gasteiger partial charge in [-0.1, -0.05) is 55.8 Å². The lowest BCUT2D eigenvalue weighted by atomic mass is 10.1. The van der Waals surface area contributed by atoms with Crippen molar-refractivity contribution >= 4 is 11.6 Å². The molecule has 2 aromatic carbocycles. The summed E-state index contributed by atoms with van der Waals surface area (Å²) in [6.45, 7) is 1.95. The fourth-order valence-corrected chi connectivity index (χ4v) is 2.18. The van der Waals surface area contributed by atoms with Crippen LogP contribution in [-0.2, 0) is 4.79 Å². The van der Waals surface area contributed by atoms with Gasteiger partial charge in [-0.15, -0.1) is 0 Å². The van der Waals surface area contributed by atoms with Crippen molar-refractivity contribution in [3.8, 4) is 11.5 Å². The topological polar surface area (TPSA) is 59.9 Å². The van der Waals surface area contributed by atoms with Gasteiger partial charge in [0.05, 0.1) is 12.8 Å². The molecule has 0 heterocycles. The molecule has 1 N–H and O–H groups in total. The van der Waals surface area contributed by atoms with Crippen LogP contribution in [0, 0.1) is 0 Å². The van der Waals surface area contributed by atoms with Crippen molar-refractivity contribution in [3.63, 3.8) is 0 Å². The molecule has 0 fully saturated rings. The Morgan fingerprint density at radius 1 is 1.04 bits per heavy atom. The molecule has 0 aromatic heterocycles. The van der Waals surface area contributed by atoms with E-state index in [1.54, 1.807) is 19.2 Å². The zero-order chi connectivity index (χ0) is 17.2. The fraction of sp³-hybridized carbons (Fsp3) is 0.263. The molecule has 0 saturated carbocycles. The minimum absolute atomic E-state index is 0.127. The molecule has 0 bridgehead atoms. The van der Waals surface area contributed by atoms with Crippen LogP contribution in [0.1, 0.15) is 25.3 Å². The molecule has 0 unspecified atom stereocenters. The summed E-state index contributed by atoms with van der Waals surface area (Å²) in [5, 5.41) is 4.24. The van der Waals surface area contributed by atoms with Crippen LogP contribution in [0.4, 0.5) is 0 Å². The number of hydrogen-bond donors (Lipinski definition) is 1. The Morgan fingerprint density at radius 2 is 1.71 bits per heavy atom. The molecule has 0 aliphatic heterocycles. The molecule has 0 aliphatic rings. The molecule has 0 radical (unpaired) electrons. The van der Waals surface area contributed by atoms with Gasteiger partial charge in [-0.05, 0) is 24.1 Å². The molecule has 0 saturated heterocycles. The van der Waals surface area contributed by atoms with Crippen molar-refractivity contribution < 1.29 is 14.3 Å². The average Bonchev–Trinajstić information content (AvgIpc) is 2.64. The van der Waals surface area contributed by atoms with Crippen LogP contribution in [0.15, 0.2) is 59.7 Å². The number of para-hydroxylation sites is 2. The van der Waals surface area contributed by atoms with Crippen LogP contribution in [0.5, 0.6) is 11.5 Å². The average molecular weight is 326 g/mol. The summed E-state index contributed by atoms with van der Waals surface area (Å²) < 4.78 is 10.7. The van der Waals surface area contributed by atoms with E-state index >= 15 is 0 Å². The van der Waals surface area contributed by atoms with Gasteiger partial charge in [0.25, 0.3) is 5.91 Å². The summed E-state index contributed by atoms with van der Waals surface area (Å²) >= 11 is 0. The van der Waals surface area contributed by atoms with Crippen molar-refractivity contribution in [2.75, 3.05) is 13.7 Å². The SMILES string of the molecule is CCC/C(=N/NC(=O)COc1ccccc1OC)c1ccccc1. The fourth-order valence-electron chi connectivity index (χ4n) is 2.18. The summed E-state index contributed by atoms with van der Waals surface area (Å²) in [4.78, 5) is 12.0. The Hall–Kier alpha value is -2.82. The number of hydrogen-bond acceptors (Lipinski definition) is 4. The van der Waals surface area contributed by atoms with E-state index in [1.165, 1.54) is 0 Å². The number of benzene rings is 2. The number of methoxy groups -OCH3 is 1.